The van der Waals surface area contributed by atoms with Gasteiger partial charge in [-0.2, -0.15) is 9.67 Å². The number of hydrogen-bond donors (Lipinski definition) is 1. The first-order valence-electron chi connectivity index (χ1n) is 9.74. The van der Waals surface area contributed by atoms with Crippen LogP contribution in [0.25, 0.3) is 11.4 Å². The van der Waals surface area contributed by atoms with E-state index < -0.39 is 24.3 Å². The Balaban J connectivity index is 1.43. The lowest BCUT2D eigenvalue weighted by molar-refractivity contribution is 0.0601. The maximum atomic E-state index is 13.1. The lowest BCUT2D eigenvalue weighted by Crippen LogP contribution is -2.37. The lowest BCUT2D eigenvalue weighted by Gasteiger charge is -2.13. The van der Waals surface area contributed by atoms with E-state index in [0.717, 1.165) is 9.58 Å². The van der Waals surface area contributed by atoms with E-state index in [0.29, 0.717) is 11.3 Å². The molecule has 10 nitrogen and oxygen atoms in total. The first-order chi connectivity index (χ1) is 15.6. The number of anilines is 1. The fourth-order valence-electron chi connectivity index (χ4n) is 3.38. The zero-order valence-corrected chi connectivity index (χ0v) is 16.6. The van der Waals surface area contributed by atoms with Crippen molar-refractivity contribution in [3.05, 3.63) is 84.1 Å². The Morgan fingerprint density at radius 1 is 1.00 bits per heavy atom. The number of amides is 2. The molecule has 0 unspecified atom stereocenters. The summed E-state index contributed by atoms with van der Waals surface area (Å²) in [6.07, 6.45) is 4.73. The second kappa shape index (κ2) is 7.91. The molecule has 4 heterocycles. The van der Waals surface area contributed by atoms with Crippen molar-refractivity contribution in [3.63, 3.8) is 0 Å². The van der Waals surface area contributed by atoms with Gasteiger partial charge in [-0.15, -0.1) is 5.10 Å². The molecule has 0 spiro atoms. The van der Waals surface area contributed by atoms with Gasteiger partial charge in [0.2, 0.25) is 5.95 Å². The van der Waals surface area contributed by atoms with E-state index in [1.165, 1.54) is 6.26 Å². The van der Waals surface area contributed by atoms with Crippen molar-refractivity contribution in [2.75, 3.05) is 11.9 Å². The SMILES string of the molecule is O=C1c2ccccc2C(=O)N1CC(=O)n1nc(-c2cccnc2)nc1NCc1ccco1. The van der Waals surface area contributed by atoms with Crippen LogP contribution in [0.1, 0.15) is 31.3 Å². The standard InChI is InChI=1S/C22H16N6O4/c29-18(13-27-20(30)16-7-1-2-8-17(16)21(27)31)28-22(24-12-15-6-4-10-32-15)25-19(26-28)14-5-3-9-23-11-14/h1-11H,12-13H2,(H,24,25,26). The van der Waals surface area contributed by atoms with E-state index >= 15 is 0 Å². The number of carbonyl (C=O) groups excluding carboxylic acids is 3. The molecule has 5 rings (SSSR count). The zero-order valence-electron chi connectivity index (χ0n) is 16.6. The molecule has 0 radical (unpaired) electrons. The highest BCUT2D eigenvalue weighted by Crippen LogP contribution is 2.23. The third-order valence-corrected chi connectivity index (χ3v) is 4.94. The van der Waals surface area contributed by atoms with Crippen molar-refractivity contribution in [1.82, 2.24) is 24.6 Å². The summed E-state index contributed by atoms with van der Waals surface area (Å²) in [6.45, 7) is -0.212. The Morgan fingerprint density at radius 2 is 1.78 bits per heavy atom. The van der Waals surface area contributed by atoms with Crippen LogP contribution in [-0.4, -0.2) is 48.9 Å². The van der Waals surface area contributed by atoms with Gasteiger partial charge in [0.15, 0.2) is 5.82 Å². The average molecular weight is 428 g/mol. The number of imide groups is 1. The number of pyridine rings is 1. The number of benzene rings is 1. The number of aromatic nitrogens is 4. The highest BCUT2D eigenvalue weighted by molar-refractivity contribution is 6.22. The summed E-state index contributed by atoms with van der Waals surface area (Å²) in [7, 11) is 0. The minimum atomic E-state index is -0.593. The van der Waals surface area contributed by atoms with E-state index in [1.54, 1.807) is 60.9 Å². The van der Waals surface area contributed by atoms with Gasteiger partial charge in [-0.25, -0.2) is 0 Å². The van der Waals surface area contributed by atoms with Gasteiger partial charge in [-0.1, -0.05) is 12.1 Å². The van der Waals surface area contributed by atoms with Gasteiger partial charge in [0.05, 0.1) is 23.9 Å². The van der Waals surface area contributed by atoms with Gasteiger partial charge >= 0.3 is 0 Å². The number of nitrogens with one attached hydrogen (secondary N) is 1. The summed E-state index contributed by atoms with van der Waals surface area (Å²) in [6, 6.07) is 13.5. The summed E-state index contributed by atoms with van der Waals surface area (Å²) >= 11 is 0. The molecule has 1 aromatic carbocycles. The predicted octanol–water partition coefficient (Wildman–Crippen LogP) is 2.48. The molecular formula is C22H16N6O4. The van der Waals surface area contributed by atoms with Crippen LogP contribution in [0.15, 0.2) is 71.6 Å². The molecule has 3 aromatic heterocycles. The van der Waals surface area contributed by atoms with E-state index in [-0.39, 0.29) is 29.4 Å². The second-order valence-corrected chi connectivity index (χ2v) is 6.98. The average Bonchev–Trinajstić information content (AvgIpc) is 3.55. The molecule has 158 valence electrons. The summed E-state index contributed by atoms with van der Waals surface area (Å²) < 4.78 is 6.36. The van der Waals surface area contributed by atoms with E-state index in [9.17, 15) is 14.4 Å². The van der Waals surface area contributed by atoms with Crippen LogP contribution in [0.4, 0.5) is 5.95 Å². The van der Waals surface area contributed by atoms with Crippen LogP contribution in [-0.2, 0) is 6.54 Å². The third-order valence-electron chi connectivity index (χ3n) is 4.94. The quantitative estimate of drug-likeness (QED) is 0.465. The molecule has 0 bridgehead atoms. The molecule has 0 aliphatic carbocycles. The van der Waals surface area contributed by atoms with Crippen LogP contribution in [0.2, 0.25) is 0 Å². The molecule has 1 aliphatic rings. The summed E-state index contributed by atoms with van der Waals surface area (Å²) in [5.74, 6) is -0.565. The molecule has 0 fully saturated rings. The van der Waals surface area contributed by atoms with Gasteiger partial charge in [0, 0.05) is 18.0 Å². The first kappa shape index (κ1) is 19.4. The van der Waals surface area contributed by atoms with E-state index in [2.05, 4.69) is 20.4 Å². The predicted molar refractivity (Wildman–Crippen MR) is 112 cm³/mol. The fourth-order valence-corrected chi connectivity index (χ4v) is 3.38. The normalized spacial score (nSPS) is 12.8. The highest BCUT2D eigenvalue weighted by Gasteiger charge is 2.37. The third kappa shape index (κ3) is 3.43. The molecule has 0 atom stereocenters. The number of fused-ring (bicyclic) bond motifs is 1. The fraction of sp³-hybridized carbons (Fsp3) is 0.0909. The maximum Gasteiger partial charge on any atom is 0.270 e. The maximum absolute atomic E-state index is 13.1. The van der Waals surface area contributed by atoms with Crippen molar-refractivity contribution in [1.29, 1.82) is 0 Å². The molecular weight excluding hydrogens is 412 g/mol. The van der Waals surface area contributed by atoms with Crippen molar-refractivity contribution < 1.29 is 18.8 Å². The molecule has 1 N–H and O–H groups in total. The zero-order chi connectivity index (χ0) is 22.1. The Bertz CT molecular complexity index is 1280. The minimum absolute atomic E-state index is 0.155. The molecule has 10 heteroatoms. The van der Waals surface area contributed by atoms with Crippen LogP contribution < -0.4 is 5.32 Å². The summed E-state index contributed by atoms with van der Waals surface area (Å²) in [5.41, 5.74) is 1.16. The van der Waals surface area contributed by atoms with Crippen molar-refractivity contribution in [2.24, 2.45) is 0 Å². The van der Waals surface area contributed by atoms with Crippen LogP contribution in [0, 0.1) is 0 Å². The van der Waals surface area contributed by atoms with Gasteiger partial charge in [0.1, 0.15) is 12.3 Å². The second-order valence-electron chi connectivity index (χ2n) is 6.98. The Morgan fingerprint density at radius 3 is 2.44 bits per heavy atom. The van der Waals surface area contributed by atoms with Gasteiger partial charge in [0.25, 0.3) is 17.7 Å². The number of furan rings is 1. The largest absolute Gasteiger partial charge is 0.467 e. The number of hydrogen-bond acceptors (Lipinski definition) is 8. The van der Waals surface area contributed by atoms with Gasteiger partial charge < -0.3 is 9.73 Å². The smallest absolute Gasteiger partial charge is 0.270 e. The minimum Gasteiger partial charge on any atom is -0.467 e. The summed E-state index contributed by atoms with van der Waals surface area (Å²) in [5, 5.41) is 7.31. The van der Waals surface area contributed by atoms with Crippen molar-refractivity contribution in [2.45, 2.75) is 6.54 Å². The first-order valence-corrected chi connectivity index (χ1v) is 9.74. The Labute approximate surface area is 181 Å². The van der Waals surface area contributed by atoms with E-state index in [4.69, 9.17) is 4.42 Å². The number of rotatable bonds is 6. The number of nitrogens with zero attached hydrogens (tertiary/aromatic N) is 5. The molecule has 0 saturated carbocycles. The van der Waals surface area contributed by atoms with Crippen LogP contribution >= 0.6 is 0 Å². The Kier molecular flexibility index (Phi) is 4.79. The molecule has 2 amide bonds. The number of carbonyl (C=O) groups is 3. The molecule has 32 heavy (non-hydrogen) atoms. The Hall–Kier alpha value is -4.60. The molecule has 0 saturated heterocycles. The lowest BCUT2D eigenvalue weighted by atomic mass is 10.1. The van der Waals surface area contributed by atoms with Gasteiger partial charge in [-0.3, -0.25) is 24.3 Å². The monoisotopic (exact) mass is 428 g/mol. The van der Waals surface area contributed by atoms with Crippen LogP contribution in [0.5, 0.6) is 0 Å². The molecule has 1 aliphatic heterocycles. The highest BCUT2D eigenvalue weighted by atomic mass is 16.3. The van der Waals surface area contributed by atoms with Gasteiger partial charge in [-0.05, 0) is 36.4 Å². The van der Waals surface area contributed by atoms with E-state index in [1.807, 2.05) is 0 Å². The van der Waals surface area contributed by atoms with Crippen molar-refractivity contribution >= 4 is 23.7 Å². The van der Waals surface area contributed by atoms with Crippen molar-refractivity contribution in [3.8, 4) is 11.4 Å². The molecule has 4 aromatic rings. The van der Waals surface area contributed by atoms with Crippen LogP contribution in [0.3, 0.4) is 0 Å². The summed E-state index contributed by atoms with van der Waals surface area (Å²) in [4.78, 5) is 47.7. The topological polar surface area (TPSA) is 123 Å².